The van der Waals surface area contributed by atoms with Gasteiger partial charge in [0.15, 0.2) is 6.10 Å². The fraction of sp³-hybridized carbons (Fsp3) is 0.821. The van der Waals surface area contributed by atoms with Crippen molar-refractivity contribution in [2.75, 3.05) is 13.2 Å². The Morgan fingerprint density at radius 2 is 1.37 bits per heavy atom. The quantitative estimate of drug-likeness (QED) is 0.0226. The van der Waals surface area contributed by atoms with Crippen LogP contribution >= 0.6 is 7.82 Å². The van der Waals surface area contributed by atoms with Crippen molar-refractivity contribution < 1.29 is 52.9 Å². The van der Waals surface area contributed by atoms with E-state index in [1.54, 1.807) is 12.2 Å². The molecule has 1 fully saturated rings. The molecule has 12 heteroatoms. The minimum Gasteiger partial charge on any atom is -0.462 e. The maximum Gasteiger partial charge on any atom is 0.469 e. The number of ketones is 1. The molecule has 4 N–H and O–H groups in total. The second-order valence-corrected chi connectivity index (χ2v) is 15.3. The maximum absolute atomic E-state index is 12.4. The second-order valence-electron chi connectivity index (χ2n) is 14.0. The number of allylic oxidation sites excluding steroid dienone is 3. The molecule has 0 spiro atoms. The van der Waals surface area contributed by atoms with Gasteiger partial charge in [0.2, 0.25) is 0 Å². The standard InChI is InChI=1S/C39H69O11P/c1-3-5-7-8-9-10-11-12-13-14-15-16-22-26-39(44)50-33(31-49-51(45,46)47)30-48-38(43)25-21-18-17-20-24-34-35(37(42)29-36(34)41)28-27-32(40)23-19-6-4-2/h17,20,27-28,32-36,40-41H,3-16,18-19,21-26,29-31H2,1-2H3,(H2,45,46,47)/b20-17-,28-27+/t32-,33+,34+,35+,36-/m0/s1. The van der Waals surface area contributed by atoms with Crippen LogP contribution in [0.1, 0.15) is 162 Å². The number of phosphoric acid groups is 1. The second kappa shape index (κ2) is 29.6. The number of ether oxygens (including phenoxy) is 2. The van der Waals surface area contributed by atoms with E-state index in [4.69, 9.17) is 19.3 Å². The lowest BCUT2D eigenvalue weighted by atomic mass is 9.90. The molecule has 0 bridgehead atoms. The summed E-state index contributed by atoms with van der Waals surface area (Å²) in [5, 5.41) is 20.6. The van der Waals surface area contributed by atoms with Gasteiger partial charge < -0.3 is 29.5 Å². The molecule has 0 unspecified atom stereocenters. The minimum absolute atomic E-state index is 0.0320. The Balaban J connectivity index is 2.33. The van der Waals surface area contributed by atoms with Crippen LogP contribution in [0.4, 0.5) is 0 Å². The Morgan fingerprint density at radius 3 is 1.98 bits per heavy atom. The molecular weight excluding hydrogens is 675 g/mol. The van der Waals surface area contributed by atoms with Crippen LogP contribution in [-0.2, 0) is 32.9 Å². The van der Waals surface area contributed by atoms with Crippen LogP contribution in [0, 0.1) is 11.8 Å². The molecule has 296 valence electrons. The van der Waals surface area contributed by atoms with E-state index in [2.05, 4.69) is 18.4 Å². The first-order chi connectivity index (χ1) is 24.5. The summed E-state index contributed by atoms with van der Waals surface area (Å²) >= 11 is 0. The summed E-state index contributed by atoms with van der Waals surface area (Å²) in [7, 11) is -4.81. The summed E-state index contributed by atoms with van der Waals surface area (Å²) in [6.45, 7) is 3.34. The first-order valence-corrected chi connectivity index (χ1v) is 21.3. The van der Waals surface area contributed by atoms with Gasteiger partial charge in [-0.1, -0.05) is 134 Å². The van der Waals surface area contributed by atoms with E-state index >= 15 is 0 Å². The van der Waals surface area contributed by atoms with Gasteiger partial charge in [0.25, 0.3) is 0 Å². The summed E-state index contributed by atoms with van der Waals surface area (Å²) < 4.78 is 26.3. The highest BCUT2D eigenvalue weighted by Gasteiger charge is 2.39. The number of phosphoric ester groups is 1. The van der Waals surface area contributed by atoms with E-state index in [0.29, 0.717) is 32.1 Å². The van der Waals surface area contributed by atoms with Gasteiger partial charge in [-0.3, -0.25) is 18.9 Å². The Hall–Kier alpha value is -1.88. The van der Waals surface area contributed by atoms with E-state index in [9.17, 15) is 29.2 Å². The third-order valence-corrected chi connectivity index (χ3v) is 9.84. The molecule has 1 aliphatic rings. The van der Waals surface area contributed by atoms with Crippen molar-refractivity contribution in [3.63, 3.8) is 0 Å². The van der Waals surface area contributed by atoms with E-state index < -0.39 is 50.6 Å². The molecule has 0 aromatic heterocycles. The number of aliphatic hydroxyl groups excluding tert-OH is 2. The highest BCUT2D eigenvalue weighted by atomic mass is 31.2. The molecule has 11 nitrogen and oxygen atoms in total. The number of aliphatic hydroxyl groups is 2. The molecule has 5 atom stereocenters. The first kappa shape index (κ1) is 47.1. The van der Waals surface area contributed by atoms with Crippen LogP contribution < -0.4 is 0 Å². The molecular formula is C39H69O11P. The van der Waals surface area contributed by atoms with E-state index in [-0.39, 0.29) is 37.6 Å². The van der Waals surface area contributed by atoms with E-state index in [1.165, 1.54) is 57.8 Å². The van der Waals surface area contributed by atoms with Gasteiger partial charge in [-0.25, -0.2) is 4.57 Å². The van der Waals surface area contributed by atoms with Gasteiger partial charge in [0.1, 0.15) is 12.4 Å². The van der Waals surface area contributed by atoms with Gasteiger partial charge in [-0.2, -0.15) is 0 Å². The van der Waals surface area contributed by atoms with Crippen LogP contribution in [0.15, 0.2) is 24.3 Å². The molecule has 0 aliphatic heterocycles. The Labute approximate surface area is 307 Å². The molecule has 0 aromatic carbocycles. The van der Waals surface area contributed by atoms with E-state index in [0.717, 1.165) is 38.5 Å². The van der Waals surface area contributed by atoms with Gasteiger partial charge >= 0.3 is 19.8 Å². The number of hydrogen-bond donors (Lipinski definition) is 4. The third-order valence-electron chi connectivity index (χ3n) is 9.35. The average Bonchev–Trinajstić information content (AvgIpc) is 3.35. The van der Waals surface area contributed by atoms with Crippen LogP contribution in [0.5, 0.6) is 0 Å². The Kier molecular flexibility index (Phi) is 27.3. The summed E-state index contributed by atoms with van der Waals surface area (Å²) in [4.78, 5) is 55.3. The molecule has 0 heterocycles. The Morgan fingerprint density at radius 1 is 0.804 bits per heavy atom. The third kappa shape index (κ3) is 25.7. The fourth-order valence-corrected chi connectivity index (χ4v) is 6.66. The zero-order valence-electron chi connectivity index (χ0n) is 31.5. The van der Waals surface area contributed by atoms with Crippen molar-refractivity contribution in [3.05, 3.63) is 24.3 Å². The number of esters is 2. The number of Topliss-reactive ketones (excluding diaryl/α,β-unsaturated/α-hetero) is 1. The van der Waals surface area contributed by atoms with Crippen molar-refractivity contribution in [2.24, 2.45) is 11.8 Å². The van der Waals surface area contributed by atoms with Crippen molar-refractivity contribution >= 4 is 25.5 Å². The monoisotopic (exact) mass is 744 g/mol. The van der Waals surface area contributed by atoms with Crippen molar-refractivity contribution in [2.45, 2.75) is 180 Å². The molecule has 0 radical (unpaired) electrons. The first-order valence-electron chi connectivity index (χ1n) is 19.7. The lowest BCUT2D eigenvalue weighted by Gasteiger charge is -2.18. The Bertz CT molecular complexity index is 1040. The van der Waals surface area contributed by atoms with Crippen LogP contribution in [0.3, 0.4) is 0 Å². The SMILES string of the molecule is CCCCCCCCCCCCCCCC(=O)O[C@H](COC(=O)CCC/C=C\C[C@H]1[C@@H](O)CC(=O)[C@@H]1/C=C/[C@@H](O)CCCCC)COP(=O)(O)O. The predicted octanol–water partition coefficient (Wildman–Crippen LogP) is 8.21. The van der Waals surface area contributed by atoms with Gasteiger partial charge in [-0.05, 0) is 32.1 Å². The average molecular weight is 745 g/mol. The summed E-state index contributed by atoms with van der Waals surface area (Å²) in [6, 6.07) is 0. The largest absolute Gasteiger partial charge is 0.469 e. The van der Waals surface area contributed by atoms with Crippen LogP contribution in [0.2, 0.25) is 0 Å². The number of rotatable bonds is 32. The zero-order valence-corrected chi connectivity index (χ0v) is 32.4. The summed E-state index contributed by atoms with van der Waals surface area (Å²) in [5.74, 6) is -1.82. The predicted molar refractivity (Wildman–Crippen MR) is 199 cm³/mol. The van der Waals surface area contributed by atoms with Crippen molar-refractivity contribution in [1.29, 1.82) is 0 Å². The molecule has 0 amide bonds. The lowest BCUT2D eigenvalue weighted by Crippen LogP contribution is -2.29. The van der Waals surface area contributed by atoms with Gasteiger partial charge in [-0.15, -0.1) is 0 Å². The number of carbonyl (C=O) groups is 3. The molecule has 1 aliphatic carbocycles. The summed E-state index contributed by atoms with van der Waals surface area (Å²) in [6.07, 6.45) is 25.5. The molecule has 51 heavy (non-hydrogen) atoms. The molecule has 0 saturated heterocycles. The smallest absolute Gasteiger partial charge is 0.462 e. The van der Waals surface area contributed by atoms with Crippen molar-refractivity contribution in [3.8, 4) is 0 Å². The molecule has 0 aromatic rings. The summed E-state index contributed by atoms with van der Waals surface area (Å²) in [5.41, 5.74) is 0. The fourth-order valence-electron chi connectivity index (χ4n) is 6.29. The van der Waals surface area contributed by atoms with E-state index in [1.807, 2.05) is 12.2 Å². The highest BCUT2D eigenvalue weighted by molar-refractivity contribution is 7.46. The molecule has 1 saturated carbocycles. The zero-order chi connectivity index (χ0) is 37.7. The van der Waals surface area contributed by atoms with Crippen LogP contribution in [0.25, 0.3) is 0 Å². The van der Waals surface area contributed by atoms with Gasteiger partial charge in [0.05, 0.1) is 18.8 Å². The topological polar surface area (TPSA) is 177 Å². The highest BCUT2D eigenvalue weighted by Crippen LogP contribution is 2.36. The maximum atomic E-state index is 12.4. The minimum atomic E-state index is -4.81. The van der Waals surface area contributed by atoms with Crippen molar-refractivity contribution in [1.82, 2.24) is 0 Å². The number of unbranched alkanes of at least 4 members (excludes halogenated alkanes) is 15. The molecule has 1 rings (SSSR count). The van der Waals surface area contributed by atoms with Gasteiger partial charge in [0, 0.05) is 31.1 Å². The normalized spacial score (nSPS) is 19.3. The lowest BCUT2D eigenvalue weighted by molar-refractivity contribution is -0.161. The van der Waals surface area contributed by atoms with Crippen LogP contribution in [-0.4, -0.2) is 69.2 Å². The number of hydrogen-bond acceptors (Lipinski definition) is 9. The number of carbonyl (C=O) groups excluding carboxylic acids is 3.